The summed E-state index contributed by atoms with van der Waals surface area (Å²) in [5, 5.41) is 5.30. The van der Waals surface area contributed by atoms with Crippen molar-refractivity contribution in [2.75, 3.05) is 30.8 Å². The number of hydrogen-bond acceptors (Lipinski definition) is 5. The fourth-order valence-electron chi connectivity index (χ4n) is 2.49. The van der Waals surface area contributed by atoms with Gasteiger partial charge in [0.15, 0.2) is 5.13 Å². The van der Waals surface area contributed by atoms with E-state index in [1.807, 2.05) is 18.4 Å². The van der Waals surface area contributed by atoms with Crippen LogP contribution in [0.15, 0.2) is 0 Å². The van der Waals surface area contributed by atoms with E-state index in [0.717, 1.165) is 31.3 Å². The Bertz CT molecular complexity index is 419. The summed E-state index contributed by atoms with van der Waals surface area (Å²) in [5.41, 5.74) is 1.31. The summed E-state index contributed by atoms with van der Waals surface area (Å²) in [6.45, 7) is 10.1. The second-order valence-electron chi connectivity index (χ2n) is 5.49. The van der Waals surface area contributed by atoms with E-state index in [1.165, 1.54) is 27.9 Å². The topological polar surface area (TPSA) is 28.2 Å². The van der Waals surface area contributed by atoms with Gasteiger partial charge in [-0.05, 0) is 25.8 Å². The molecule has 1 fully saturated rings. The van der Waals surface area contributed by atoms with Crippen molar-refractivity contribution in [1.82, 2.24) is 10.3 Å². The van der Waals surface area contributed by atoms with Crippen molar-refractivity contribution in [3.05, 3.63) is 10.6 Å². The summed E-state index contributed by atoms with van der Waals surface area (Å²) in [6.07, 6.45) is 2.42. The molecule has 1 aliphatic rings. The quantitative estimate of drug-likeness (QED) is 0.866. The van der Waals surface area contributed by atoms with Crippen LogP contribution in [-0.2, 0) is 6.54 Å². The van der Waals surface area contributed by atoms with Gasteiger partial charge in [0.2, 0.25) is 0 Å². The number of aromatic nitrogens is 1. The number of thioether (sulfide) groups is 1. The lowest BCUT2D eigenvalue weighted by Gasteiger charge is -2.31. The minimum atomic E-state index is 0.560. The van der Waals surface area contributed by atoms with Crippen LogP contribution in [0, 0.1) is 0 Å². The molecule has 0 saturated carbocycles. The number of anilines is 1. The molecule has 2 atom stereocenters. The molecule has 1 aromatic heterocycles. The Balaban J connectivity index is 2.19. The minimum absolute atomic E-state index is 0.560. The summed E-state index contributed by atoms with van der Waals surface area (Å²) in [6, 6.07) is 0. The molecule has 0 radical (unpaired) electrons. The van der Waals surface area contributed by atoms with Crippen LogP contribution in [0.2, 0.25) is 0 Å². The van der Waals surface area contributed by atoms with Crippen LogP contribution in [0.1, 0.15) is 50.1 Å². The Kier molecular flexibility index (Phi) is 6.18. The standard InChI is InChI=1S/C15H27N3S2/c1-5-11(3)14-13(9-16-4)20-15(17-14)18-7-8-19-12(6-2)10-18/h11-12,16H,5-10H2,1-4H3. The van der Waals surface area contributed by atoms with Gasteiger partial charge in [0.25, 0.3) is 0 Å². The highest BCUT2D eigenvalue weighted by Gasteiger charge is 2.24. The van der Waals surface area contributed by atoms with Gasteiger partial charge in [0.05, 0.1) is 5.69 Å². The van der Waals surface area contributed by atoms with E-state index in [9.17, 15) is 0 Å². The zero-order valence-corrected chi connectivity index (χ0v) is 14.7. The van der Waals surface area contributed by atoms with Gasteiger partial charge in [-0.15, -0.1) is 11.3 Å². The highest BCUT2D eigenvalue weighted by atomic mass is 32.2. The average Bonchev–Trinajstić information content (AvgIpc) is 2.91. The lowest BCUT2D eigenvalue weighted by Crippen LogP contribution is -2.37. The first-order valence-electron chi connectivity index (χ1n) is 7.70. The Morgan fingerprint density at radius 3 is 2.90 bits per heavy atom. The van der Waals surface area contributed by atoms with Crippen LogP contribution in [-0.4, -0.2) is 36.1 Å². The number of nitrogens with zero attached hydrogens (tertiary/aromatic N) is 2. The summed E-state index contributed by atoms with van der Waals surface area (Å²) in [7, 11) is 2.02. The van der Waals surface area contributed by atoms with E-state index < -0.39 is 0 Å². The third-order valence-corrected chi connectivity index (χ3v) is 6.50. The molecular weight excluding hydrogens is 286 g/mol. The summed E-state index contributed by atoms with van der Waals surface area (Å²) < 4.78 is 0. The molecule has 114 valence electrons. The van der Waals surface area contributed by atoms with Crippen molar-refractivity contribution >= 4 is 28.2 Å². The van der Waals surface area contributed by atoms with Gasteiger partial charge >= 0.3 is 0 Å². The van der Waals surface area contributed by atoms with Gasteiger partial charge in [-0.25, -0.2) is 4.98 Å². The zero-order valence-electron chi connectivity index (χ0n) is 13.1. The molecule has 20 heavy (non-hydrogen) atoms. The maximum absolute atomic E-state index is 4.99. The van der Waals surface area contributed by atoms with Crippen LogP contribution in [0.25, 0.3) is 0 Å². The molecule has 0 amide bonds. The van der Waals surface area contributed by atoms with Crippen LogP contribution in [0.4, 0.5) is 5.13 Å². The molecule has 0 bridgehead atoms. The fraction of sp³-hybridized carbons (Fsp3) is 0.800. The van der Waals surface area contributed by atoms with Gasteiger partial charge in [-0.2, -0.15) is 11.8 Å². The molecule has 0 spiro atoms. The van der Waals surface area contributed by atoms with Crippen molar-refractivity contribution in [2.24, 2.45) is 0 Å². The predicted octanol–water partition coefficient (Wildman–Crippen LogP) is 3.71. The van der Waals surface area contributed by atoms with E-state index in [1.54, 1.807) is 0 Å². The molecule has 2 unspecified atom stereocenters. The first-order valence-corrected chi connectivity index (χ1v) is 9.56. The second kappa shape index (κ2) is 7.66. The third kappa shape index (κ3) is 3.68. The van der Waals surface area contributed by atoms with E-state index in [-0.39, 0.29) is 0 Å². The van der Waals surface area contributed by atoms with Crippen molar-refractivity contribution < 1.29 is 0 Å². The molecule has 2 heterocycles. The smallest absolute Gasteiger partial charge is 0.185 e. The monoisotopic (exact) mass is 313 g/mol. The number of hydrogen-bond donors (Lipinski definition) is 1. The molecular formula is C15H27N3S2. The summed E-state index contributed by atoms with van der Waals surface area (Å²) in [5.74, 6) is 1.79. The van der Waals surface area contributed by atoms with Crippen LogP contribution in [0.3, 0.4) is 0 Å². The first kappa shape index (κ1) is 16.1. The van der Waals surface area contributed by atoms with Gasteiger partial charge in [-0.3, -0.25) is 0 Å². The fourth-order valence-corrected chi connectivity index (χ4v) is 4.90. The van der Waals surface area contributed by atoms with Gasteiger partial charge in [0.1, 0.15) is 0 Å². The van der Waals surface area contributed by atoms with E-state index in [2.05, 4.69) is 42.7 Å². The summed E-state index contributed by atoms with van der Waals surface area (Å²) >= 11 is 4.01. The molecule has 5 heteroatoms. The molecule has 2 rings (SSSR count). The Labute approximate surface area is 131 Å². The molecule has 1 aliphatic heterocycles. The normalized spacial score (nSPS) is 21.2. The van der Waals surface area contributed by atoms with Crippen molar-refractivity contribution in [1.29, 1.82) is 0 Å². The van der Waals surface area contributed by atoms with E-state index >= 15 is 0 Å². The molecule has 1 saturated heterocycles. The first-order chi connectivity index (χ1) is 9.69. The van der Waals surface area contributed by atoms with Crippen LogP contribution >= 0.6 is 23.1 Å². The van der Waals surface area contributed by atoms with E-state index in [0.29, 0.717) is 5.92 Å². The second-order valence-corrected chi connectivity index (χ2v) is 7.96. The molecule has 1 N–H and O–H groups in total. The maximum atomic E-state index is 4.99. The zero-order chi connectivity index (χ0) is 14.5. The average molecular weight is 314 g/mol. The Morgan fingerprint density at radius 1 is 1.45 bits per heavy atom. The third-order valence-electron chi connectivity index (χ3n) is 4.00. The van der Waals surface area contributed by atoms with Crippen LogP contribution < -0.4 is 10.2 Å². The molecule has 3 nitrogen and oxygen atoms in total. The van der Waals surface area contributed by atoms with Crippen molar-refractivity contribution in [2.45, 2.75) is 51.3 Å². The highest BCUT2D eigenvalue weighted by Crippen LogP contribution is 2.34. The van der Waals surface area contributed by atoms with Crippen molar-refractivity contribution in [3.8, 4) is 0 Å². The van der Waals surface area contributed by atoms with Gasteiger partial charge in [0, 0.05) is 35.5 Å². The Hall–Kier alpha value is -0.260. The SMILES string of the molecule is CCC1CN(c2nc(C(C)CC)c(CNC)s2)CCS1. The predicted molar refractivity (Wildman–Crippen MR) is 92.3 cm³/mol. The van der Waals surface area contributed by atoms with E-state index in [4.69, 9.17) is 4.98 Å². The largest absolute Gasteiger partial charge is 0.346 e. The molecule has 0 aromatic carbocycles. The van der Waals surface area contributed by atoms with Crippen molar-refractivity contribution in [3.63, 3.8) is 0 Å². The number of rotatable bonds is 6. The van der Waals surface area contributed by atoms with Gasteiger partial charge in [-0.1, -0.05) is 20.8 Å². The number of nitrogens with one attached hydrogen (secondary N) is 1. The van der Waals surface area contributed by atoms with Crippen LogP contribution in [0.5, 0.6) is 0 Å². The Morgan fingerprint density at radius 2 is 2.25 bits per heavy atom. The lowest BCUT2D eigenvalue weighted by molar-refractivity contribution is 0.686. The minimum Gasteiger partial charge on any atom is -0.346 e. The molecule has 1 aromatic rings. The summed E-state index contributed by atoms with van der Waals surface area (Å²) in [4.78, 5) is 8.91. The van der Waals surface area contributed by atoms with Gasteiger partial charge < -0.3 is 10.2 Å². The lowest BCUT2D eigenvalue weighted by atomic mass is 10.0. The maximum Gasteiger partial charge on any atom is 0.185 e. The molecule has 0 aliphatic carbocycles. The number of thiazole rings is 1. The highest BCUT2D eigenvalue weighted by molar-refractivity contribution is 8.00.